The SMILES string of the molecule is CS(=O)(=O)c1c(-c2cc(F)cc(F)c2)c(CCNc2ncnc(N)c2C#N)nc2ccc(F)cc12. The zero-order valence-corrected chi connectivity index (χ0v) is 19.0. The van der Waals surface area contributed by atoms with Crippen molar-refractivity contribution in [1.82, 2.24) is 15.0 Å². The Kier molecular flexibility index (Phi) is 6.27. The zero-order chi connectivity index (χ0) is 25.3. The Morgan fingerprint density at radius 1 is 1.06 bits per heavy atom. The predicted octanol–water partition coefficient (Wildman–Crippen LogP) is 3.62. The molecule has 0 bridgehead atoms. The number of nitriles is 1. The summed E-state index contributed by atoms with van der Waals surface area (Å²) < 4.78 is 68.0. The largest absolute Gasteiger partial charge is 0.382 e. The number of nitrogens with zero attached hydrogens (tertiary/aromatic N) is 4. The number of anilines is 2. The Morgan fingerprint density at radius 2 is 1.77 bits per heavy atom. The molecular weight excluding hydrogens is 481 g/mol. The van der Waals surface area contributed by atoms with Crippen LogP contribution >= 0.6 is 0 Å². The molecule has 0 amide bonds. The summed E-state index contributed by atoms with van der Waals surface area (Å²) in [6.07, 6.45) is 2.15. The van der Waals surface area contributed by atoms with E-state index in [4.69, 9.17) is 5.73 Å². The Labute approximate surface area is 198 Å². The number of sulfone groups is 1. The van der Waals surface area contributed by atoms with Gasteiger partial charge in [0.2, 0.25) is 0 Å². The lowest BCUT2D eigenvalue weighted by atomic mass is 9.99. The molecule has 0 aliphatic carbocycles. The first-order chi connectivity index (χ1) is 16.6. The Morgan fingerprint density at radius 3 is 2.43 bits per heavy atom. The molecule has 4 aromatic rings. The average Bonchev–Trinajstić information content (AvgIpc) is 2.77. The molecule has 0 aliphatic heterocycles. The highest BCUT2D eigenvalue weighted by molar-refractivity contribution is 7.91. The highest BCUT2D eigenvalue weighted by Gasteiger charge is 2.25. The van der Waals surface area contributed by atoms with Crippen molar-refractivity contribution in [2.24, 2.45) is 0 Å². The number of benzene rings is 2. The lowest BCUT2D eigenvalue weighted by molar-refractivity contribution is 0.583. The average molecular weight is 498 g/mol. The van der Waals surface area contributed by atoms with Crippen LogP contribution in [0.5, 0.6) is 0 Å². The number of fused-ring (bicyclic) bond motifs is 1. The molecule has 2 aromatic carbocycles. The third-order valence-electron chi connectivity index (χ3n) is 5.14. The number of nitrogens with two attached hydrogens (primary N) is 1. The van der Waals surface area contributed by atoms with Gasteiger partial charge in [0.15, 0.2) is 9.84 Å². The van der Waals surface area contributed by atoms with E-state index in [2.05, 4.69) is 20.3 Å². The van der Waals surface area contributed by atoms with E-state index in [1.54, 1.807) is 0 Å². The highest BCUT2D eigenvalue weighted by Crippen LogP contribution is 2.37. The van der Waals surface area contributed by atoms with Gasteiger partial charge in [0, 0.05) is 36.2 Å². The van der Waals surface area contributed by atoms with Crippen LogP contribution in [0.25, 0.3) is 22.0 Å². The van der Waals surface area contributed by atoms with Crippen molar-refractivity contribution >= 4 is 32.4 Å². The first kappa shape index (κ1) is 23.9. The predicted molar refractivity (Wildman–Crippen MR) is 124 cm³/mol. The number of nitrogens with one attached hydrogen (secondary N) is 1. The molecule has 0 unspecified atom stereocenters. The van der Waals surface area contributed by atoms with E-state index in [1.807, 2.05) is 6.07 Å². The van der Waals surface area contributed by atoms with Crippen LogP contribution in [0, 0.1) is 28.8 Å². The van der Waals surface area contributed by atoms with Crippen LogP contribution in [0.4, 0.5) is 24.8 Å². The van der Waals surface area contributed by atoms with Crippen molar-refractivity contribution in [2.75, 3.05) is 23.9 Å². The van der Waals surface area contributed by atoms with Crippen molar-refractivity contribution < 1.29 is 21.6 Å². The molecule has 0 fully saturated rings. The molecule has 4 rings (SSSR count). The summed E-state index contributed by atoms with van der Waals surface area (Å²) in [4.78, 5) is 11.9. The van der Waals surface area contributed by atoms with Gasteiger partial charge >= 0.3 is 0 Å². The van der Waals surface area contributed by atoms with E-state index in [0.29, 0.717) is 6.07 Å². The summed E-state index contributed by atoms with van der Waals surface area (Å²) in [5.41, 5.74) is 5.97. The maximum Gasteiger partial charge on any atom is 0.176 e. The van der Waals surface area contributed by atoms with Gasteiger partial charge in [0.1, 0.15) is 47.0 Å². The van der Waals surface area contributed by atoms with Crippen molar-refractivity contribution in [2.45, 2.75) is 11.3 Å². The van der Waals surface area contributed by atoms with E-state index in [1.165, 1.54) is 12.4 Å². The summed E-state index contributed by atoms with van der Waals surface area (Å²) in [5, 5.41) is 12.2. The normalized spacial score (nSPS) is 11.4. The first-order valence-corrected chi connectivity index (χ1v) is 12.0. The molecule has 0 saturated carbocycles. The van der Waals surface area contributed by atoms with Gasteiger partial charge < -0.3 is 11.1 Å². The molecule has 0 aliphatic rings. The van der Waals surface area contributed by atoms with Crippen LogP contribution in [0.1, 0.15) is 11.3 Å². The molecule has 0 spiro atoms. The maximum atomic E-state index is 14.1. The van der Waals surface area contributed by atoms with Crippen LogP contribution in [0.3, 0.4) is 0 Å². The van der Waals surface area contributed by atoms with Gasteiger partial charge in [-0.3, -0.25) is 4.98 Å². The number of aromatic nitrogens is 3. The van der Waals surface area contributed by atoms with Gasteiger partial charge in [0.25, 0.3) is 0 Å². The van der Waals surface area contributed by atoms with Gasteiger partial charge in [-0.1, -0.05) is 0 Å². The van der Waals surface area contributed by atoms with Gasteiger partial charge in [0.05, 0.1) is 16.1 Å². The van der Waals surface area contributed by atoms with Gasteiger partial charge in [-0.05, 0) is 35.9 Å². The van der Waals surface area contributed by atoms with Crippen molar-refractivity contribution in [3.63, 3.8) is 0 Å². The third kappa shape index (κ3) is 4.85. The quantitative estimate of drug-likeness (QED) is 0.412. The molecule has 8 nitrogen and oxygen atoms in total. The van der Waals surface area contributed by atoms with Crippen molar-refractivity contribution in [1.29, 1.82) is 5.26 Å². The summed E-state index contributed by atoms with van der Waals surface area (Å²) >= 11 is 0. The summed E-state index contributed by atoms with van der Waals surface area (Å²) in [6, 6.07) is 7.99. The summed E-state index contributed by atoms with van der Waals surface area (Å²) in [5.74, 6) is -2.40. The second-order valence-corrected chi connectivity index (χ2v) is 9.58. The molecule has 0 saturated heterocycles. The molecule has 2 aromatic heterocycles. The van der Waals surface area contributed by atoms with E-state index in [0.717, 1.165) is 30.5 Å². The fraction of sp³-hybridized carbons (Fsp3) is 0.130. The Balaban J connectivity index is 1.90. The lowest BCUT2D eigenvalue weighted by Crippen LogP contribution is -2.13. The molecule has 3 N–H and O–H groups in total. The maximum absolute atomic E-state index is 14.1. The molecule has 178 valence electrons. The minimum absolute atomic E-state index is 0.0146. The van der Waals surface area contributed by atoms with Crippen LogP contribution in [-0.4, -0.2) is 36.2 Å². The van der Waals surface area contributed by atoms with Crippen LogP contribution in [-0.2, 0) is 16.3 Å². The van der Waals surface area contributed by atoms with E-state index >= 15 is 0 Å². The van der Waals surface area contributed by atoms with Gasteiger partial charge in [-0.15, -0.1) is 0 Å². The smallest absolute Gasteiger partial charge is 0.176 e. The van der Waals surface area contributed by atoms with E-state index in [9.17, 15) is 26.9 Å². The molecule has 0 radical (unpaired) electrons. The minimum atomic E-state index is -4.02. The number of halogens is 3. The standard InChI is InChI=1S/C23H17F3N6O2S/c1-35(33,34)21-16-9-13(24)2-3-18(16)32-19(20(21)12-6-14(25)8-15(26)7-12)4-5-29-23-17(10-27)22(28)30-11-31-23/h2-3,6-9,11H,4-5H2,1H3,(H3,28,29,30,31). The number of hydrogen-bond donors (Lipinski definition) is 2. The summed E-state index contributed by atoms with van der Waals surface area (Å²) in [6.45, 7) is 0.0961. The summed E-state index contributed by atoms with van der Waals surface area (Å²) in [7, 11) is -4.02. The highest BCUT2D eigenvalue weighted by atomic mass is 32.2. The zero-order valence-electron chi connectivity index (χ0n) is 18.2. The molecule has 0 atom stereocenters. The fourth-order valence-corrected chi connectivity index (χ4v) is 4.93. The second-order valence-electron chi connectivity index (χ2n) is 7.63. The van der Waals surface area contributed by atoms with Crippen molar-refractivity contribution in [3.8, 4) is 17.2 Å². The van der Waals surface area contributed by atoms with Crippen molar-refractivity contribution in [3.05, 3.63) is 71.4 Å². The Hall–Kier alpha value is -4.24. The van der Waals surface area contributed by atoms with Gasteiger partial charge in [-0.25, -0.2) is 31.6 Å². The topological polar surface area (TPSA) is 135 Å². The lowest BCUT2D eigenvalue weighted by Gasteiger charge is -2.17. The van der Waals surface area contributed by atoms with Crippen LogP contribution < -0.4 is 11.1 Å². The Bertz CT molecular complexity index is 1600. The fourth-order valence-electron chi connectivity index (χ4n) is 3.76. The third-order valence-corrected chi connectivity index (χ3v) is 6.30. The van der Waals surface area contributed by atoms with Gasteiger partial charge in [-0.2, -0.15) is 5.26 Å². The van der Waals surface area contributed by atoms with Crippen LogP contribution in [0.15, 0.2) is 47.6 Å². The number of rotatable bonds is 6. The monoisotopic (exact) mass is 498 g/mol. The van der Waals surface area contributed by atoms with E-state index < -0.39 is 27.3 Å². The number of nitrogen functional groups attached to an aromatic ring is 1. The number of pyridine rings is 1. The van der Waals surface area contributed by atoms with E-state index in [-0.39, 0.29) is 62.8 Å². The molecule has 2 heterocycles. The first-order valence-electron chi connectivity index (χ1n) is 10.1. The molecular formula is C23H17F3N6O2S. The second kappa shape index (κ2) is 9.19. The number of hydrogen-bond acceptors (Lipinski definition) is 8. The van der Waals surface area contributed by atoms with Crippen LogP contribution in [0.2, 0.25) is 0 Å². The molecule has 35 heavy (non-hydrogen) atoms. The minimum Gasteiger partial charge on any atom is -0.382 e. The molecule has 12 heteroatoms.